The molecule has 0 unspecified atom stereocenters. The fourth-order valence-corrected chi connectivity index (χ4v) is 2.05. The van der Waals surface area contributed by atoms with Gasteiger partial charge in [0.2, 0.25) is 0 Å². The largest absolute Gasteiger partial charge is 0.511 e. The Kier molecular flexibility index (Phi) is 2.66. The van der Waals surface area contributed by atoms with Crippen molar-refractivity contribution in [3.8, 4) is 0 Å². The van der Waals surface area contributed by atoms with Gasteiger partial charge < -0.3 is 5.11 Å². The fraction of sp³-hybridized carbons (Fsp3) is 0.636. The maximum absolute atomic E-state index is 11.5. The molecular weight excluding hydrogens is 178 g/mol. The number of nitrogens with zero attached hydrogens (tertiary/aromatic N) is 1. The van der Waals surface area contributed by atoms with Gasteiger partial charge in [0, 0.05) is 25.1 Å². The highest BCUT2D eigenvalue weighted by Gasteiger charge is 2.26. The summed E-state index contributed by atoms with van der Waals surface area (Å²) in [5.74, 6) is 0.332. The molecule has 0 spiro atoms. The molecule has 2 rings (SSSR count). The summed E-state index contributed by atoms with van der Waals surface area (Å²) in [6.45, 7) is 0.805. The van der Waals surface area contributed by atoms with Crippen molar-refractivity contribution in [3.63, 3.8) is 0 Å². The Labute approximate surface area is 83.5 Å². The van der Waals surface area contributed by atoms with Crippen molar-refractivity contribution >= 4 is 11.5 Å². The molecule has 1 N–H and O–H groups in total. The molecule has 0 atom stereocenters. The second-order valence-corrected chi connectivity index (χ2v) is 3.88. The van der Waals surface area contributed by atoms with Crippen molar-refractivity contribution in [1.29, 1.82) is 0 Å². The van der Waals surface area contributed by atoms with Crippen molar-refractivity contribution in [2.45, 2.75) is 38.5 Å². The zero-order valence-electron chi connectivity index (χ0n) is 8.25. The van der Waals surface area contributed by atoms with Crippen molar-refractivity contribution in [3.05, 3.63) is 11.3 Å². The van der Waals surface area contributed by atoms with Gasteiger partial charge in [-0.05, 0) is 19.3 Å². The minimum absolute atomic E-state index is 0.0724. The molecule has 0 aromatic carbocycles. The zero-order chi connectivity index (χ0) is 9.97. The molecule has 14 heavy (non-hydrogen) atoms. The monoisotopic (exact) mass is 193 g/mol. The molecule has 0 aromatic rings. The van der Waals surface area contributed by atoms with Gasteiger partial charge >= 0.3 is 0 Å². The summed E-state index contributed by atoms with van der Waals surface area (Å²) in [5, 5.41) is 9.58. The van der Waals surface area contributed by atoms with E-state index in [1.807, 2.05) is 0 Å². The molecule has 0 saturated heterocycles. The molecule has 3 nitrogen and oxygen atoms in total. The minimum atomic E-state index is 0.0724. The predicted octanol–water partition coefficient (Wildman–Crippen LogP) is 2.18. The molecule has 0 amide bonds. The lowest BCUT2D eigenvalue weighted by atomic mass is 10.0. The number of aliphatic imine (C=N–C) groups is 1. The van der Waals surface area contributed by atoms with Gasteiger partial charge in [0.25, 0.3) is 0 Å². The van der Waals surface area contributed by atoms with Crippen molar-refractivity contribution < 1.29 is 9.90 Å². The molecule has 1 aliphatic carbocycles. The van der Waals surface area contributed by atoms with Crippen LogP contribution in [0.4, 0.5) is 0 Å². The molecular formula is C11H15NO2. The van der Waals surface area contributed by atoms with Crippen molar-refractivity contribution in [2.75, 3.05) is 6.54 Å². The van der Waals surface area contributed by atoms with Crippen molar-refractivity contribution in [1.82, 2.24) is 0 Å². The highest BCUT2D eigenvalue weighted by molar-refractivity contribution is 6.24. The lowest BCUT2D eigenvalue weighted by Gasteiger charge is -2.04. The van der Waals surface area contributed by atoms with Crippen LogP contribution < -0.4 is 0 Å². The quantitative estimate of drug-likeness (QED) is 0.693. The van der Waals surface area contributed by atoms with Crippen LogP contribution in [-0.4, -0.2) is 23.1 Å². The third-order valence-electron chi connectivity index (χ3n) is 2.82. The summed E-state index contributed by atoms with van der Waals surface area (Å²) in [6, 6.07) is 0. The Hall–Kier alpha value is -1.12. The van der Waals surface area contributed by atoms with Crippen LogP contribution in [0.2, 0.25) is 0 Å². The lowest BCUT2D eigenvalue weighted by Crippen LogP contribution is -2.10. The molecule has 76 valence electrons. The standard InChI is InChI=1S/C11H15NO2/c13-9-5-6-10(14)11(9)8-4-2-1-3-7-12-8/h13H,1-7H2. The van der Waals surface area contributed by atoms with E-state index in [2.05, 4.69) is 4.99 Å². The van der Waals surface area contributed by atoms with E-state index in [0.29, 0.717) is 18.4 Å². The molecule has 2 aliphatic rings. The minimum Gasteiger partial charge on any atom is -0.511 e. The van der Waals surface area contributed by atoms with Crippen LogP contribution in [0.5, 0.6) is 0 Å². The number of allylic oxidation sites excluding steroid dienone is 2. The number of carbonyl (C=O) groups excluding carboxylic acids is 1. The fourth-order valence-electron chi connectivity index (χ4n) is 2.05. The highest BCUT2D eigenvalue weighted by atomic mass is 16.3. The number of aliphatic hydroxyl groups excluding tert-OH is 1. The van der Waals surface area contributed by atoms with Crippen molar-refractivity contribution in [2.24, 2.45) is 4.99 Å². The number of hydrogen-bond acceptors (Lipinski definition) is 3. The normalized spacial score (nSPS) is 23.7. The van der Waals surface area contributed by atoms with E-state index in [4.69, 9.17) is 0 Å². The van der Waals surface area contributed by atoms with Crippen LogP contribution in [0.3, 0.4) is 0 Å². The molecule has 1 heterocycles. The van der Waals surface area contributed by atoms with Gasteiger partial charge in [-0.25, -0.2) is 0 Å². The van der Waals surface area contributed by atoms with E-state index < -0.39 is 0 Å². The first kappa shape index (κ1) is 9.44. The maximum Gasteiger partial charge on any atom is 0.168 e. The van der Waals surface area contributed by atoms with Gasteiger partial charge in [-0.1, -0.05) is 6.42 Å². The Bertz CT molecular complexity index is 315. The number of carbonyl (C=O) groups is 1. The average Bonchev–Trinajstić information content (AvgIpc) is 2.45. The van der Waals surface area contributed by atoms with Crippen LogP contribution in [-0.2, 0) is 4.79 Å². The Morgan fingerprint density at radius 1 is 1.07 bits per heavy atom. The number of ketones is 1. The molecule has 1 aliphatic heterocycles. The van der Waals surface area contributed by atoms with Gasteiger partial charge in [-0.15, -0.1) is 0 Å². The van der Waals surface area contributed by atoms with E-state index in [9.17, 15) is 9.90 Å². The molecule has 0 saturated carbocycles. The second-order valence-electron chi connectivity index (χ2n) is 3.88. The van der Waals surface area contributed by atoms with Gasteiger partial charge in [-0.2, -0.15) is 0 Å². The van der Waals surface area contributed by atoms with Crippen LogP contribution in [0.25, 0.3) is 0 Å². The lowest BCUT2D eigenvalue weighted by molar-refractivity contribution is -0.114. The summed E-state index contributed by atoms with van der Waals surface area (Å²) in [5.41, 5.74) is 1.38. The Balaban J connectivity index is 2.24. The average molecular weight is 193 g/mol. The number of Topliss-reactive ketones (excluding diaryl/α,β-unsaturated/α-hetero) is 1. The second kappa shape index (κ2) is 3.95. The third-order valence-corrected chi connectivity index (χ3v) is 2.82. The number of aliphatic hydroxyl groups is 1. The summed E-state index contributed by atoms with van der Waals surface area (Å²) >= 11 is 0. The van der Waals surface area contributed by atoms with Crippen LogP contribution in [0.1, 0.15) is 38.5 Å². The van der Waals surface area contributed by atoms with E-state index >= 15 is 0 Å². The van der Waals surface area contributed by atoms with Gasteiger partial charge in [-0.3, -0.25) is 9.79 Å². The van der Waals surface area contributed by atoms with Gasteiger partial charge in [0.15, 0.2) is 5.78 Å². The topological polar surface area (TPSA) is 49.7 Å². The predicted molar refractivity (Wildman–Crippen MR) is 54.7 cm³/mol. The first-order chi connectivity index (χ1) is 6.79. The summed E-state index contributed by atoms with van der Waals surface area (Å²) in [7, 11) is 0. The molecule has 0 bridgehead atoms. The Morgan fingerprint density at radius 2 is 1.93 bits per heavy atom. The Morgan fingerprint density at radius 3 is 2.64 bits per heavy atom. The molecule has 0 fully saturated rings. The van der Waals surface area contributed by atoms with Crippen LogP contribution in [0.15, 0.2) is 16.3 Å². The summed E-state index contributed by atoms with van der Waals surface area (Å²) < 4.78 is 0. The van der Waals surface area contributed by atoms with Crippen LogP contribution >= 0.6 is 0 Å². The summed E-state index contributed by atoms with van der Waals surface area (Å²) in [4.78, 5) is 15.9. The third kappa shape index (κ3) is 1.72. The van der Waals surface area contributed by atoms with E-state index in [0.717, 1.165) is 31.5 Å². The molecule has 0 aromatic heterocycles. The van der Waals surface area contributed by atoms with E-state index in [1.165, 1.54) is 6.42 Å². The van der Waals surface area contributed by atoms with E-state index in [-0.39, 0.29) is 11.5 Å². The highest BCUT2D eigenvalue weighted by Crippen LogP contribution is 2.25. The molecule has 3 heteroatoms. The smallest absolute Gasteiger partial charge is 0.168 e. The van der Waals surface area contributed by atoms with Gasteiger partial charge in [0.1, 0.15) is 5.76 Å². The summed E-state index contributed by atoms with van der Waals surface area (Å²) in [6.07, 6.45) is 5.18. The number of rotatable bonds is 1. The maximum atomic E-state index is 11.5. The van der Waals surface area contributed by atoms with Crippen LogP contribution in [0, 0.1) is 0 Å². The molecule has 0 radical (unpaired) electrons. The van der Waals surface area contributed by atoms with Gasteiger partial charge in [0.05, 0.1) is 5.57 Å². The SMILES string of the molecule is O=C1CCC(O)=C1C1=NCCCCC1. The first-order valence-electron chi connectivity index (χ1n) is 5.28. The number of hydrogen-bond donors (Lipinski definition) is 1. The zero-order valence-corrected chi connectivity index (χ0v) is 8.25. The first-order valence-corrected chi connectivity index (χ1v) is 5.28. The van der Waals surface area contributed by atoms with E-state index in [1.54, 1.807) is 0 Å².